The molecule has 0 saturated carbocycles. The van der Waals surface area contributed by atoms with Crippen LogP contribution in [0.5, 0.6) is 17.2 Å². The number of aryl methyl sites for hydroxylation is 1. The third kappa shape index (κ3) is 4.70. The summed E-state index contributed by atoms with van der Waals surface area (Å²) in [7, 11) is 4.66. The van der Waals surface area contributed by atoms with E-state index >= 15 is 0 Å². The van der Waals surface area contributed by atoms with E-state index in [4.69, 9.17) is 14.2 Å². The van der Waals surface area contributed by atoms with Crippen LogP contribution in [0.3, 0.4) is 0 Å². The van der Waals surface area contributed by atoms with Crippen LogP contribution in [0.15, 0.2) is 40.9 Å². The van der Waals surface area contributed by atoms with Crippen molar-refractivity contribution in [3.63, 3.8) is 0 Å². The summed E-state index contributed by atoms with van der Waals surface area (Å²) in [6.07, 6.45) is 1.52. The number of benzene rings is 2. The van der Waals surface area contributed by atoms with Crippen molar-refractivity contribution in [1.29, 1.82) is 0 Å². The van der Waals surface area contributed by atoms with Gasteiger partial charge in [0.2, 0.25) is 11.7 Å². The highest BCUT2D eigenvalue weighted by Gasteiger charge is 2.31. The van der Waals surface area contributed by atoms with Gasteiger partial charge in [0, 0.05) is 29.5 Å². The minimum Gasteiger partial charge on any atom is -0.493 e. The van der Waals surface area contributed by atoms with E-state index in [0.717, 1.165) is 16.5 Å². The van der Waals surface area contributed by atoms with Crippen molar-refractivity contribution in [3.05, 3.63) is 52.0 Å². The van der Waals surface area contributed by atoms with Crippen LogP contribution in [0.4, 0.5) is 0 Å². The first-order valence-corrected chi connectivity index (χ1v) is 10.4. The second kappa shape index (κ2) is 9.84. The van der Waals surface area contributed by atoms with Gasteiger partial charge < -0.3 is 14.2 Å². The van der Waals surface area contributed by atoms with Crippen molar-refractivity contribution in [2.24, 2.45) is 0 Å². The van der Waals surface area contributed by atoms with Gasteiger partial charge in [0.15, 0.2) is 11.5 Å². The fourth-order valence-electron chi connectivity index (χ4n) is 3.48. The number of methoxy groups -OCH3 is 3. The lowest BCUT2D eigenvalue weighted by Crippen LogP contribution is -2.44. The Morgan fingerprint density at radius 3 is 2.10 bits per heavy atom. The quantitative estimate of drug-likeness (QED) is 0.609. The van der Waals surface area contributed by atoms with Crippen LogP contribution >= 0.6 is 15.9 Å². The van der Waals surface area contributed by atoms with Crippen LogP contribution in [-0.2, 0) is 11.2 Å². The zero-order valence-electron chi connectivity index (χ0n) is 17.3. The van der Waals surface area contributed by atoms with Crippen LogP contribution in [0.2, 0.25) is 0 Å². The Hall–Kier alpha value is -2.74. The van der Waals surface area contributed by atoms with Gasteiger partial charge in [-0.3, -0.25) is 14.6 Å². The van der Waals surface area contributed by atoms with Crippen molar-refractivity contribution in [2.75, 3.05) is 34.4 Å². The largest absolute Gasteiger partial charge is 0.493 e. The standard InChI is InChI=1S/C22H25BrN2O5/c1-28-18-13-15(14-19(29-2)21(18)30-3)5-10-20(26)24-11-4-12-25(24)22(27)16-6-8-17(23)9-7-16/h6-9,13-14H,4-5,10-12H2,1-3H3. The van der Waals surface area contributed by atoms with Crippen LogP contribution in [0.1, 0.15) is 28.8 Å². The summed E-state index contributed by atoms with van der Waals surface area (Å²) in [5.41, 5.74) is 1.45. The first-order valence-electron chi connectivity index (χ1n) is 9.65. The van der Waals surface area contributed by atoms with Crippen LogP contribution in [-0.4, -0.2) is 56.3 Å². The van der Waals surface area contributed by atoms with Gasteiger partial charge in [0.05, 0.1) is 21.3 Å². The number of hydrogen-bond donors (Lipinski definition) is 0. The van der Waals surface area contributed by atoms with E-state index in [-0.39, 0.29) is 18.2 Å². The first-order chi connectivity index (χ1) is 14.5. The topological polar surface area (TPSA) is 68.3 Å². The van der Waals surface area contributed by atoms with Gasteiger partial charge >= 0.3 is 0 Å². The minimum absolute atomic E-state index is 0.0910. The first kappa shape index (κ1) is 22.0. The second-order valence-corrected chi connectivity index (χ2v) is 7.75. The fourth-order valence-corrected chi connectivity index (χ4v) is 3.75. The summed E-state index contributed by atoms with van der Waals surface area (Å²) in [4.78, 5) is 25.7. The molecule has 1 aliphatic heterocycles. The molecule has 0 radical (unpaired) electrons. The molecule has 0 aliphatic carbocycles. The highest BCUT2D eigenvalue weighted by molar-refractivity contribution is 9.10. The monoisotopic (exact) mass is 476 g/mol. The van der Waals surface area contributed by atoms with E-state index in [9.17, 15) is 9.59 Å². The third-order valence-corrected chi connectivity index (χ3v) is 5.53. The number of halogens is 1. The normalized spacial score (nSPS) is 13.3. The molecular formula is C22H25BrN2O5. The van der Waals surface area contributed by atoms with E-state index in [1.807, 2.05) is 24.3 Å². The van der Waals surface area contributed by atoms with Crippen LogP contribution in [0.25, 0.3) is 0 Å². The molecule has 0 bridgehead atoms. The molecule has 1 aliphatic rings. The zero-order valence-corrected chi connectivity index (χ0v) is 18.9. The number of ether oxygens (including phenoxy) is 3. The molecule has 1 heterocycles. The van der Waals surface area contributed by atoms with Crippen molar-refractivity contribution in [2.45, 2.75) is 19.3 Å². The average Bonchev–Trinajstić information content (AvgIpc) is 3.26. The zero-order chi connectivity index (χ0) is 21.7. The molecule has 0 N–H and O–H groups in total. The van der Waals surface area contributed by atoms with Crippen LogP contribution < -0.4 is 14.2 Å². The number of carbonyl (C=O) groups excluding carboxylic acids is 2. The van der Waals surface area contributed by atoms with E-state index in [2.05, 4.69) is 15.9 Å². The highest BCUT2D eigenvalue weighted by atomic mass is 79.9. The van der Waals surface area contributed by atoms with Crippen LogP contribution in [0, 0.1) is 0 Å². The van der Waals surface area contributed by atoms with Crippen molar-refractivity contribution in [3.8, 4) is 17.2 Å². The van der Waals surface area contributed by atoms with E-state index in [1.54, 1.807) is 43.5 Å². The average molecular weight is 477 g/mol. The lowest BCUT2D eigenvalue weighted by atomic mass is 10.1. The SMILES string of the molecule is COc1cc(CCC(=O)N2CCCN2C(=O)c2ccc(Br)cc2)cc(OC)c1OC. The molecule has 8 heteroatoms. The number of hydrazine groups is 1. The van der Waals surface area contributed by atoms with Gasteiger partial charge in [-0.1, -0.05) is 15.9 Å². The Morgan fingerprint density at radius 2 is 1.53 bits per heavy atom. The molecule has 1 saturated heterocycles. The molecule has 2 amide bonds. The van der Waals surface area contributed by atoms with Crippen molar-refractivity contribution >= 4 is 27.7 Å². The number of nitrogens with zero attached hydrogens (tertiary/aromatic N) is 2. The van der Waals surface area contributed by atoms with Gasteiger partial charge in [0.1, 0.15) is 0 Å². The Bertz CT molecular complexity index is 891. The summed E-state index contributed by atoms with van der Waals surface area (Å²) in [5.74, 6) is 1.36. The van der Waals surface area contributed by atoms with E-state index < -0.39 is 0 Å². The maximum atomic E-state index is 12.9. The molecular weight excluding hydrogens is 452 g/mol. The molecule has 0 atom stereocenters. The molecule has 1 fully saturated rings. The molecule has 2 aromatic rings. The highest BCUT2D eigenvalue weighted by Crippen LogP contribution is 2.38. The second-order valence-electron chi connectivity index (χ2n) is 6.84. The van der Waals surface area contributed by atoms with Gasteiger partial charge in [-0.15, -0.1) is 0 Å². The molecule has 0 aromatic heterocycles. The number of rotatable bonds is 7. The van der Waals surface area contributed by atoms with Gasteiger partial charge in [0.25, 0.3) is 5.91 Å². The van der Waals surface area contributed by atoms with E-state index in [1.165, 1.54) is 0 Å². The molecule has 7 nitrogen and oxygen atoms in total. The Labute approximate surface area is 184 Å². The number of carbonyl (C=O) groups is 2. The molecule has 160 valence electrons. The smallest absolute Gasteiger partial charge is 0.272 e. The molecule has 30 heavy (non-hydrogen) atoms. The Morgan fingerprint density at radius 1 is 0.933 bits per heavy atom. The maximum Gasteiger partial charge on any atom is 0.272 e. The molecule has 0 unspecified atom stereocenters. The Kier molecular flexibility index (Phi) is 7.20. The Balaban J connectivity index is 1.69. The molecule has 3 rings (SSSR count). The maximum absolute atomic E-state index is 12.9. The number of hydrogen-bond acceptors (Lipinski definition) is 5. The van der Waals surface area contributed by atoms with Crippen molar-refractivity contribution in [1.82, 2.24) is 10.0 Å². The summed E-state index contributed by atoms with van der Waals surface area (Å²) in [6.45, 7) is 1.07. The summed E-state index contributed by atoms with van der Waals surface area (Å²) in [5, 5.41) is 3.10. The predicted molar refractivity (Wildman–Crippen MR) is 116 cm³/mol. The lowest BCUT2D eigenvalue weighted by Gasteiger charge is -2.28. The van der Waals surface area contributed by atoms with Crippen molar-refractivity contribution < 1.29 is 23.8 Å². The summed E-state index contributed by atoms with van der Waals surface area (Å²) >= 11 is 3.37. The van der Waals surface area contributed by atoms with Gasteiger partial charge in [-0.25, -0.2) is 5.01 Å². The van der Waals surface area contributed by atoms with E-state index in [0.29, 0.717) is 42.3 Å². The summed E-state index contributed by atoms with van der Waals surface area (Å²) < 4.78 is 17.0. The number of amides is 2. The lowest BCUT2D eigenvalue weighted by molar-refractivity contribution is -0.140. The van der Waals surface area contributed by atoms with Gasteiger partial charge in [-0.05, 0) is 54.8 Å². The third-order valence-electron chi connectivity index (χ3n) is 5.00. The van der Waals surface area contributed by atoms with Gasteiger partial charge in [-0.2, -0.15) is 0 Å². The fraction of sp³-hybridized carbons (Fsp3) is 0.364. The predicted octanol–water partition coefficient (Wildman–Crippen LogP) is 3.70. The molecule has 2 aromatic carbocycles. The summed E-state index contributed by atoms with van der Waals surface area (Å²) in [6, 6.07) is 10.8. The minimum atomic E-state index is -0.166. The molecule has 0 spiro atoms.